The fraction of sp³-hybridized carbons (Fsp3) is 0.727. The second-order valence-electron chi connectivity index (χ2n) is 4.46. The van der Waals surface area contributed by atoms with Crippen molar-refractivity contribution in [2.24, 2.45) is 17.8 Å². The molecule has 7 nitrogen and oxygen atoms in total. The Kier molecular flexibility index (Phi) is 3.25. The molecule has 0 aliphatic carbocycles. The number of carboxylic acids is 2. The minimum Gasteiger partial charge on any atom is -0.481 e. The van der Waals surface area contributed by atoms with Crippen molar-refractivity contribution in [1.29, 1.82) is 0 Å². The lowest BCUT2D eigenvalue weighted by Crippen LogP contribution is -2.44. The van der Waals surface area contributed by atoms with Gasteiger partial charge in [-0.1, -0.05) is 0 Å². The van der Waals surface area contributed by atoms with Crippen molar-refractivity contribution in [3.05, 3.63) is 0 Å². The summed E-state index contributed by atoms with van der Waals surface area (Å²) >= 11 is 0. The van der Waals surface area contributed by atoms with Gasteiger partial charge in [-0.15, -0.1) is 0 Å². The van der Waals surface area contributed by atoms with Gasteiger partial charge >= 0.3 is 17.9 Å². The summed E-state index contributed by atoms with van der Waals surface area (Å²) in [5.74, 6) is -5.90. The fourth-order valence-corrected chi connectivity index (χ4v) is 2.82. The van der Waals surface area contributed by atoms with Gasteiger partial charge in [-0.3, -0.25) is 14.4 Å². The number of aliphatic carboxylic acids is 2. The van der Waals surface area contributed by atoms with Crippen molar-refractivity contribution in [2.75, 3.05) is 6.61 Å². The van der Waals surface area contributed by atoms with Crippen LogP contribution >= 0.6 is 0 Å². The summed E-state index contributed by atoms with van der Waals surface area (Å²) in [6.45, 7) is 1.85. The van der Waals surface area contributed by atoms with Crippen molar-refractivity contribution in [1.82, 2.24) is 0 Å². The quantitative estimate of drug-likeness (QED) is 0.668. The van der Waals surface area contributed by atoms with Crippen LogP contribution in [-0.4, -0.2) is 46.9 Å². The average Bonchev–Trinajstić information content (AvgIpc) is 2.85. The molecule has 0 spiro atoms. The molecule has 0 aromatic carbocycles. The minimum absolute atomic E-state index is 0.201. The highest BCUT2D eigenvalue weighted by Gasteiger charge is 2.62. The van der Waals surface area contributed by atoms with Crippen LogP contribution in [0.5, 0.6) is 0 Å². The lowest BCUT2D eigenvalue weighted by Gasteiger charge is -2.26. The zero-order chi connectivity index (χ0) is 13.4. The Balaban J connectivity index is 2.19. The van der Waals surface area contributed by atoms with E-state index in [1.165, 1.54) is 0 Å². The maximum Gasteiger partial charge on any atom is 0.311 e. The number of fused-ring (bicyclic) bond motifs is 2. The van der Waals surface area contributed by atoms with Crippen molar-refractivity contribution >= 4 is 17.9 Å². The number of carboxylic acid groups (broad SMARTS) is 2. The van der Waals surface area contributed by atoms with Gasteiger partial charge in [0.25, 0.3) is 0 Å². The summed E-state index contributed by atoms with van der Waals surface area (Å²) in [6.07, 6.45) is -1.40. The van der Waals surface area contributed by atoms with Gasteiger partial charge in [0.05, 0.1) is 36.6 Å². The van der Waals surface area contributed by atoms with E-state index in [-0.39, 0.29) is 13.0 Å². The fourth-order valence-electron chi connectivity index (χ4n) is 2.82. The lowest BCUT2D eigenvalue weighted by atomic mass is 9.74. The standard InChI is InChI=1S/C11H14O7/c1-2-17-11(16)4-3-5-6(9(12)13)7(10(14)15)8(4)18-5/h4-8H,2-3H2,1H3,(H,12,13)(H,14,15)/t4-,5+,6-,7-,8-/m0/s1. The van der Waals surface area contributed by atoms with Crippen LogP contribution in [0.2, 0.25) is 0 Å². The molecule has 2 heterocycles. The summed E-state index contributed by atoms with van der Waals surface area (Å²) < 4.78 is 10.2. The predicted octanol–water partition coefficient (Wildman–Crippen LogP) is -0.262. The van der Waals surface area contributed by atoms with E-state index in [2.05, 4.69) is 0 Å². The zero-order valence-electron chi connectivity index (χ0n) is 9.74. The van der Waals surface area contributed by atoms with E-state index in [0.717, 1.165) is 0 Å². The van der Waals surface area contributed by atoms with Crippen LogP contribution in [0, 0.1) is 17.8 Å². The lowest BCUT2D eigenvalue weighted by molar-refractivity contribution is -0.159. The van der Waals surface area contributed by atoms with Crippen LogP contribution in [0.1, 0.15) is 13.3 Å². The van der Waals surface area contributed by atoms with E-state index in [4.69, 9.17) is 19.7 Å². The second-order valence-corrected chi connectivity index (χ2v) is 4.46. The molecule has 100 valence electrons. The van der Waals surface area contributed by atoms with Gasteiger partial charge in [0.1, 0.15) is 0 Å². The Morgan fingerprint density at radius 2 is 1.83 bits per heavy atom. The van der Waals surface area contributed by atoms with Gasteiger partial charge in [-0.05, 0) is 13.3 Å². The van der Waals surface area contributed by atoms with E-state index >= 15 is 0 Å². The van der Waals surface area contributed by atoms with Crippen LogP contribution in [0.15, 0.2) is 0 Å². The normalized spacial score (nSPS) is 37.5. The molecular weight excluding hydrogens is 244 g/mol. The number of esters is 1. The molecule has 18 heavy (non-hydrogen) atoms. The Bertz CT molecular complexity index is 391. The van der Waals surface area contributed by atoms with Crippen molar-refractivity contribution < 1.29 is 34.1 Å². The van der Waals surface area contributed by atoms with E-state index < -0.39 is 47.9 Å². The molecule has 2 aliphatic rings. The summed E-state index contributed by atoms with van der Waals surface area (Å²) in [5, 5.41) is 18.1. The Morgan fingerprint density at radius 3 is 2.33 bits per heavy atom. The van der Waals surface area contributed by atoms with Gasteiger partial charge in [0, 0.05) is 0 Å². The first kappa shape index (κ1) is 12.8. The highest BCUT2D eigenvalue weighted by molar-refractivity contribution is 5.84. The molecule has 5 atom stereocenters. The summed E-state index contributed by atoms with van der Waals surface area (Å²) in [7, 11) is 0. The molecule has 2 aliphatic heterocycles. The molecule has 0 unspecified atom stereocenters. The van der Waals surface area contributed by atoms with Gasteiger partial charge in [-0.2, -0.15) is 0 Å². The molecule has 2 fully saturated rings. The number of rotatable bonds is 4. The minimum atomic E-state index is -1.25. The largest absolute Gasteiger partial charge is 0.481 e. The molecule has 0 aromatic heterocycles. The molecule has 0 amide bonds. The second kappa shape index (κ2) is 4.56. The summed E-state index contributed by atoms with van der Waals surface area (Å²) in [5.41, 5.74) is 0. The molecule has 0 radical (unpaired) electrons. The van der Waals surface area contributed by atoms with Gasteiger partial charge in [-0.25, -0.2) is 0 Å². The first-order valence-corrected chi connectivity index (χ1v) is 5.75. The number of hydrogen-bond donors (Lipinski definition) is 2. The Morgan fingerprint density at radius 1 is 1.22 bits per heavy atom. The van der Waals surface area contributed by atoms with E-state index in [1.54, 1.807) is 6.92 Å². The van der Waals surface area contributed by atoms with Crippen LogP contribution < -0.4 is 0 Å². The van der Waals surface area contributed by atoms with E-state index in [0.29, 0.717) is 0 Å². The van der Waals surface area contributed by atoms with Crippen LogP contribution in [-0.2, 0) is 23.9 Å². The zero-order valence-corrected chi connectivity index (χ0v) is 9.74. The van der Waals surface area contributed by atoms with Crippen molar-refractivity contribution in [3.63, 3.8) is 0 Å². The number of hydrogen-bond acceptors (Lipinski definition) is 5. The third kappa shape index (κ3) is 1.84. The molecule has 2 rings (SSSR count). The predicted molar refractivity (Wildman–Crippen MR) is 55.7 cm³/mol. The van der Waals surface area contributed by atoms with Crippen LogP contribution in [0.4, 0.5) is 0 Å². The van der Waals surface area contributed by atoms with Gasteiger partial charge in [0.15, 0.2) is 0 Å². The topological polar surface area (TPSA) is 110 Å². The summed E-state index contributed by atoms with van der Waals surface area (Å²) in [6, 6.07) is 0. The Hall–Kier alpha value is -1.63. The Labute approximate surface area is 103 Å². The van der Waals surface area contributed by atoms with E-state index in [9.17, 15) is 14.4 Å². The molecule has 7 heteroatoms. The first-order valence-electron chi connectivity index (χ1n) is 5.75. The SMILES string of the molecule is CCOC(=O)[C@H]1C[C@H]2O[C@@H]1[C@@H](C(=O)O)[C@H]2C(=O)O. The molecule has 2 saturated heterocycles. The van der Waals surface area contributed by atoms with Crippen LogP contribution in [0.25, 0.3) is 0 Å². The number of carbonyl (C=O) groups is 3. The highest BCUT2D eigenvalue weighted by Crippen LogP contribution is 2.47. The van der Waals surface area contributed by atoms with Crippen molar-refractivity contribution in [3.8, 4) is 0 Å². The highest BCUT2D eigenvalue weighted by atomic mass is 16.5. The number of carbonyl (C=O) groups excluding carboxylic acids is 1. The van der Waals surface area contributed by atoms with Crippen LogP contribution in [0.3, 0.4) is 0 Å². The maximum absolute atomic E-state index is 11.6. The first-order chi connectivity index (χ1) is 8.47. The van der Waals surface area contributed by atoms with Crippen molar-refractivity contribution in [2.45, 2.75) is 25.6 Å². The third-order valence-corrected chi connectivity index (χ3v) is 3.52. The third-order valence-electron chi connectivity index (χ3n) is 3.52. The molecular formula is C11H14O7. The smallest absolute Gasteiger partial charge is 0.311 e. The molecule has 0 aromatic rings. The maximum atomic E-state index is 11.6. The van der Waals surface area contributed by atoms with E-state index in [1.807, 2.05) is 0 Å². The summed E-state index contributed by atoms with van der Waals surface area (Å²) in [4.78, 5) is 33.8. The monoisotopic (exact) mass is 258 g/mol. The molecule has 0 saturated carbocycles. The average molecular weight is 258 g/mol. The molecule has 2 N–H and O–H groups in total. The van der Waals surface area contributed by atoms with Gasteiger partial charge in [0.2, 0.25) is 0 Å². The molecule has 2 bridgehead atoms. The number of ether oxygens (including phenoxy) is 2. The van der Waals surface area contributed by atoms with Gasteiger partial charge < -0.3 is 19.7 Å².